The zero-order chi connectivity index (χ0) is 14.5. The summed E-state index contributed by atoms with van der Waals surface area (Å²) in [6.07, 6.45) is 0. The Hall–Kier alpha value is -0.920. The van der Waals surface area contributed by atoms with Crippen LogP contribution in [0.3, 0.4) is 0 Å². The van der Waals surface area contributed by atoms with Crippen LogP contribution < -0.4 is 15.8 Å². The topological polar surface area (TPSA) is 84.2 Å². The molecule has 0 spiro atoms. The zero-order valence-corrected chi connectivity index (χ0v) is 13.1. The SMILES string of the molecule is CCSCC(C)Nc1ccc(S(=O)(=O)NC)cc1N. The van der Waals surface area contributed by atoms with Gasteiger partial charge in [-0.3, -0.25) is 0 Å². The minimum atomic E-state index is -3.44. The standard InChI is InChI=1S/C12H21N3O2S2/c1-4-18-8-9(2)15-12-6-5-10(7-11(12)13)19(16,17)14-3/h5-7,9,14-15H,4,8,13H2,1-3H3. The van der Waals surface area contributed by atoms with E-state index in [0.29, 0.717) is 5.69 Å². The number of hydrogen-bond donors (Lipinski definition) is 3. The molecule has 5 nitrogen and oxygen atoms in total. The summed E-state index contributed by atoms with van der Waals surface area (Å²) >= 11 is 1.84. The van der Waals surface area contributed by atoms with Crippen molar-refractivity contribution in [1.29, 1.82) is 0 Å². The number of nitrogens with two attached hydrogens (primary N) is 1. The first-order valence-electron chi connectivity index (χ1n) is 6.08. The van der Waals surface area contributed by atoms with Gasteiger partial charge in [-0.25, -0.2) is 13.1 Å². The van der Waals surface area contributed by atoms with Crippen molar-refractivity contribution in [3.8, 4) is 0 Å². The fraction of sp³-hybridized carbons (Fsp3) is 0.500. The second-order valence-corrected chi connectivity index (χ2v) is 7.37. The molecule has 1 aromatic rings. The molecule has 0 aliphatic heterocycles. The first-order chi connectivity index (χ1) is 8.90. The van der Waals surface area contributed by atoms with Crippen LogP contribution in [0.4, 0.5) is 11.4 Å². The van der Waals surface area contributed by atoms with Gasteiger partial charge in [-0.1, -0.05) is 6.92 Å². The fourth-order valence-corrected chi connectivity index (χ4v) is 3.00. The van der Waals surface area contributed by atoms with Crippen molar-refractivity contribution in [1.82, 2.24) is 4.72 Å². The average Bonchev–Trinajstić information content (AvgIpc) is 2.38. The molecule has 7 heteroatoms. The van der Waals surface area contributed by atoms with Gasteiger partial charge in [0.25, 0.3) is 0 Å². The second-order valence-electron chi connectivity index (χ2n) is 4.16. The van der Waals surface area contributed by atoms with Gasteiger partial charge in [-0.15, -0.1) is 0 Å². The van der Waals surface area contributed by atoms with E-state index < -0.39 is 10.0 Å². The van der Waals surface area contributed by atoms with E-state index in [4.69, 9.17) is 5.73 Å². The summed E-state index contributed by atoms with van der Waals surface area (Å²) in [7, 11) is -2.07. The molecule has 108 valence electrons. The quantitative estimate of drug-likeness (QED) is 0.668. The zero-order valence-electron chi connectivity index (χ0n) is 11.4. The van der Waals surface area contributed by atoms with Gasteiger partial charge in [-0.2, -0.15) is 11.8 Å². The highest BCUT2D eigenvalue weighted by Crippen LogP contribution is 2.23. The van der Waals surface area contributed by atoms with E-state index in [-0.39, 0.29) is 10.9 Å². The largest absolute Gasteiger partial charge is 0.397 e. The molecule has 0 heterocycles. The van der Waals surface area contributed by atoms with Crippen LogP contribution in [0.25, 0.3) is 0 Å². The number of sulfonamides is 1. The summed E-state index contributed by atoms with van der Waals surface area (Å²) in [4.78, 5) is 0.175. The summed E-state index contributed by atoms with van der Waals surface area (Å²) < 4.78 is 25.5. The minimum Gasteiger partial charge on any atom is -0.397 e. The lowest BCUT2D eigenvalue weighted by Gasteiger charge is -2.16. The summed E-state index contributed by atoms with van der Waals surface area (Å²) in [5.74, 6) is 2.05. The Morgan fingerprint density at radius 2 is 2.11 bits per heavy atom. The van der Waals surface area contributed by atoms with Gasteiger partial charge in [0.05, 0.1) is 16.3 Å². The smallest absolute Gasteiger partial charge is 0.240 e. The van der Waals surface area contributed by atoms with Gasteiger partial charge in [0.15, 0.2) is 0 Å². The Balaban J connectivity index is 2.84. The Labute approximate surface area is 119 Å². The van der Waals surface area contributed by atoms with Crippen molar-refractivity contribution < 1.29 is 8.42 Å². The van der Waals surface area contributed by atoms with E-state index in [1.165, 1.54) is 13.1 Å². The summed E-state index contributed by atoms with van der Waals surface area (Å²) in [6, 6.07) is 4.99. The Bertz CT molecular complexity index is 518. The third-order valence-corrected chi connectivity index (χ3v) is 5.13. The van der Waals surface area contributed by atoms with Crippen LogP contribution in [0.15, 0.2) is 23.1 Å². The average molecular weight is 303 g/mol. The molecule has 0 bridgehead atoms. The number of rotatable bonds is 7. The van der Waals surface area contributed by atoms with Crippen LogP contribution in [0.5, 0.6) is 0 Å². The molecule has 1 rings (SSSR count). The molecule has 0 aliphatic carbocycles. The predicted molar refractivity (Wildman–Crippen MR) is 83.2 cm³/mol. The lowest BCUT2D eigenvalue weighted by molar-refractivity contribution is 0.588. The van der Waals surface area contributed by atoms with Crippen molar-refractivity contribution in [2.75, 3.05) is 29.6 Å². The maximum atomic E-state index is 11.6. The van der Waals surface area contributed by atoms with Gasteiger partial charge in [0.2, 0.25) is 10.0 Å². The lowest BCUT2D eigenvalue weighted by Crippen LogP contribution is -2.20. The number of hydrogen-bond acceptors (Lipinski definition) is 5. The Morgan fingerprint density at radius 1 is 1.42 bits per heavy atom. The highest BCUT2D eigenvalue weighted by molar-refractivity contribution is 7.99. The predicted octanol–water partition coefficient (Wildman–Crippen LogP) is 1.73. The van der Waals surface area contributed by atoms with Gasteiger partial charge in [0, 0.05) is 11.8 Å². The van der Waals surface area contributed by atoms with Crippen molar-refractivity contribution in [3.05, 3.63) is 18.2 Å². The molecule has 0 saturated heterocycles. The molecule has 0 aromatic heterocycles. The third kappa shape index (κ3) is 4.59. The molecule has 0 fully saturated rings. The molecule has 0 aliphatic rings. The molecule has 4 N–H and O–H groups in total. The molecule has 0 radical (unpaired) electrons. The van der Waals surface area contributed by atoms with Gasteiger partial charge >= 0.3 is 0 Å². The summed E-state index contributed by atoms with van der Waals surface area (Å²) in [6.45, 7) is 4.18. The van der Waals surface area contributed by atoms with Gasteiger partial charge < -0.3 is 11.1 Å². The third-order valence-electron chi connectivity index (χ3n) is 2.58. The Morgan fingerprint density at radius 3 is 2.63 bits per heavy atom. The molecule has 1 atom stereocenters. The van der Waals surface area contributed by atoms with Crippen LogP contribution in [-0.2, 0) is 10.0 Å². The minimum absolute atomic E-state index is 0.175. The maximum absolute atomic E-state index is 11.6. The summed E-state index contributed by atoms with van der Waals surface area (Å²) in [5, 5.41) is 3.28. The monoisotopic (exact) mass is 303 g/mol. The van der Waals surface area contributed by atoms with E-state index >= 15 is 0 Å². The fourth-order valence-electron chi connectivity index (χ4n) is 1.56. The molecule has 19 heavy (non-hydrogen) atoms. The molecular formula is C12H21N3O2S2. The van der Waals surface area contributed by atoms with E-state index in [0.717, 1.165) is 17.2 Å². The number of thioether (sulfide) groups is 1. The molecular weight excluding hydrogens is 282 g/mol. The van der Waals surface area contributed by atoms with Crippen molar-refractivity contribution in [3.63, 3.8) is 0 Å². The van der Waals surface area contributed by atoms with Crippen LogP contribution >= 0.6 is 11.8 Å². The van der Waals surface area contributed by atoms with Crippen LogP contribution in [-0.4, -0.2) is 33.0 Å². The van der Waals surface area contributed by atoms with Crippen LogP contribution in [0.2, 0.25) is 0 Å². The van der Waals surface area contributed by atoms with Crippen molar-refractivity contribution in [2.45, 2.75) is 24.8 Å². The van der Waals surface area contributed by atoms with Crippen molar-refractivity contribution >= 4 is 33.2 Å². The van der Waals surface area contributed by atoms with Gasteiger partial charge in [0.1, 0.15) is 0 Å². The van der Waals surface area contributed by atoms with E-state index in [9.17, 15) is 8.42 Å². The second kappa shape index (κ2) is 7.02. The summed E-state index contributed by atoms with van der Waals surface area (Å²) in [5.41, 5.74) is 7.09. The highest BCUT2D eigenvalue weighted by Gasteiger charge is 2.13. The lowest BCUT2D eigenvalue weighted by atomic mass is 10.2. The molecule has 1 aromatic carbocycles. The molecule has 0 amide bonds. The van der Waals surface area contributed by atoms with Crippen LogP contribution in [0.1, 0.15) is 13.8 Å². The maximum Gasteiger partial charge on any atom is 0.240 e. The number of nitrogen functional groups attached to an aromatic ring is 1. The molecule has 1 unspecified atom stereocenters. The van der Waals surface area contributed by atoms with Crippen molar-refractivity contribution in [2.24, 2.45) is 0 Å². The Kier molecular flexibility index (Phi) is 5.96. The number of benzene rings is 1. The van der Waals surface area contributed by atoms with E-state index in [1.807, 2.05) is 11.8 Å². The molecule has 0 saturated carbocycles. The number of anilines is 2. The van der Waals surface area contributed by atoms with E-state index in [2.05, 4.69) is 23.9 Å². The highest BCUT2D eigenvalue weighted by atomic mass is 32.2. The van der Waals surface area contributed by atoms with Crippen LogP contribution in [0, 0.1) is 0 Å². The first-order valence-corrected chi connectivity index (χ1v) is 8.71. The van der Waals surface area contributed by atoms with Gasteiger partial charge in [-0.05, 0) is 37.9 Å². The normalized spacial score (nSPS) is 13.2. The first kappa shape index (κ1) is 16.1. The van der Waals surface area contributed by atoms with E-state index in [1.54, 1.807) is 12.1 Å². The number of nitrogens with one attached hydrogen (secondary N) is 2.